The van der Waals surface area contributed by atoms with Crippen LogP contribution in [0.4, 0.5) is 0 Å². The predicted octanol–water partition coefficient (Wildman–Crippen LogP) is 2.34. The Labute approximate surface area is 175 Å². The Bertz CT molecular complexity index is 943. The Kier molecular flexibility index (Phi) is 7.91. The molecule has 0 unspecified atom stereocenters. The van der Waals surface area contributed by atoms with Gasteiger partial charge in [0.05, 0.1) is 12.2 Å². The molecule has 0 radical (unpaired) electrons. The first-order valence-electron chi connectivity index (χ1n) is 9.59. The van der Waals surface area contributed by atoms with Crippen molar-refractivity contribution in [2.24, 2.45) is 0 Å². The largest absolute Gasteiger partial charge is 0.462 e. The van der Waals surface area contributed by atoms with Gasteiger partial charge >= 0.3 is 11.9 Å². The van der Waals surface area contributed by atoms with Gasteiger partial charge in [0.15, 0.2) is 12.4 Å². The zero-order valence-electron chi connectivity index (χ0n) is 17.6. The van der Waals surface area contributed by atoms with Crippen LogP contribution in [0.15, 0.2) is 30.3 Å². The summed E-state index contributed by atoms with van der Waals surface area (Å²) in [6, 6.07) is 8.37. The Balaban J connectivity index is 1.92. The van der Waals surface area contributed by atoms with Crippen molar-refractivity contribution in [2.75, 3.05) is 13.2 Å². The smallest absolute Gasteiger partial charge is 0.339 e. The summed E-state index contributed by atoms with van der Waals surface area (Å²) in [7, 11) is 0. The Morgan fingerprint density at radius 2 is 1.70 bits per heavy atom. The molecule has 2 rings (SSSR count). The summed E-state index contributed by atoms with van der Waals surface area (Å²) < 4.78 is 11.8. The summed E-state index contributed by atoms with van der Waals surface area (Å²) in [4.78, 5) is 47.4. The molecule has 0 atom stereocenters. The summed E-state index contributed by atoms with van der Waals surface area (Å²) in [6.45, 7) is 6.80. The number of rotatable bonds is 9. The van der Waals surface area contributed by atoms with Crippen LogP contribution in [-0.2, 0) is 32.2 Å². The molecule has 30 heavy (non-hydrogen) atoms. The van der Waals surface area contributed by atoms with E-state index in [-0.39, 0.29) is 31.4 Å². The lowest BCUT2D eigenvalue weighted by Gasteiger charge is -2.10. The minimum absolute atomic E-state index is 0.111. The number of carbonyl (C=O) groups excluding carboxylic acids is 4. The molecule has 1 aromatic heterocycles. The third-order valence-corrected chi connectivity index (χ3v) is 4.54. The van der Waals surface area contributed by atoms with Crippen molar-refractivity contribution in [3.05, 3.63) is 58.4 Å². The standard InChI is InChI=1S/C22H26N2O6/c1-5-29-22(28)19-10-14(2)24(15(19)3)12-21(27)30-13-20(26)18-8-6-17(7-9-18)11-23-16(4)25/h6-10H,5,11-13H2,1-4H3,(H,23,25). The topological polar surface area (TPSA) is 104 Å². The molecule has 0 bridgehead atoms. The molecular formula is C22H26N2O6. The summed E-state index contributed by atoms with van der Waals surface area (Å²) >= 11 is 0. The lowest BCUT2D eigenvalue weighted by Crippen LogP contribution is -2.20. The summed E-state index contributed by atoms with van der Waals surface area (Å²) in [5.74, 6) is -1.49. The molecule has 0 saturated carbocycles. The van der Waals surface area contributed by atoms with Crippen LogP contribution in [0.25, 0.3) is 0 Å². The fourth-order valence-corrected chi connectivity index (χ4v) is 2.90. The molecular weight excluding hydrogens is 388 g/mol. The van der Waals surface area contributed by atoms with Crippen molar-refractivity contribution in [3.8, 4) is 0 Å². The van der Waals surface area contributed by atoms with Crippen LogP contribution in [0.3, 0.4) is 0 Å². The van der Waals surface area contributed by atoms with E-state index in [0.29, 0.717) is 29.1 Å². The van der Waals surface area contributed by atoms with Crippen LogP contribution in [0.1, 0.15) is 51.5 Å². The number of nitrogens with zero attached hydrogens (tertiary/aromatic N) is 1. The minimum Gasteiger partial charge on any atom is -0.462 e. The van der Waals surface area contributed by atoms with Gasteiger partial charge in [0.25, 0.3) is 0 Å². The lowest BCUT2D eigenvalue weighted by molar-refractivity contribution is -0.143. The normalized spacial score (nSPS) is 10.4. The van der Waals surface area contributed by atoms with Gasteiger partial charge in [-0.3, -0.25) is 14.4 Å². The molecule has 8 heteroatoms. The molecule has 1 aromatic carbocycles. The highest BCUT2D eigenvalue weighted by atomic mass is 16.5. The van der Waals surface area contributed by atoms with E-state index in [1.807, 2.05) is 0 Å². The monoisotopic (exact) mass is 414 g/mol. The van der Waals surface area contributed by atoms with Gasteiger partial charge in [-0.15, -0.1) is 0 Å². The quantitative estimate of drug-likeness (QED) is 0.499. The van der Waals surface area contributed by atoms with Crippen LogP contribution in [0.5, 0.6) is 0 Å². The highest BCUT2D eigenvalue weighted by Crippen LogP contribution is 2.16. The van der Waals surface area contributed by atoms with Crippen LogP contribution < -0.4 is 5.32 Å². The highest BCUT2D eigenvalue weighted by molar-refractivity contribution is 5.98. The number of ether oxygens (including phenoxy) is 2. The van der Waals surface area contributed by atoms with Crippen LogP contribution >= 0.6 is 0 Å². The fourth-order valence-electron chi connectivity index (χ4n) is 2.90. The number of esters is 2. The number of carbonyl (C=O) groups is 4. The van der Waals surface area contributed by atoms with E-state index in [1.165, 1.54) is 6.92 Å². The maximum atomic E-state index is 12.3. The number of aryl methyl sites for hydroxylation is 1. The number of benzene rings is 1. The maximum absolute atomic E-state index is 12.3. The van der Waals surface area contributed by atoms with E-state index in [4.69, 9.17) is 9.47 Å². The molecule has 0 aliphatic heterocycles. The first-order valence-corrected chi connectivity index (χ1v) is 9.59. The molecule has 0 fully saturated rings. The molecule has 1 amide bonds. The minimum atomic E-state index is -0.581. The highest BCUT2D eigenvalue weighted by Gasteiger charge is 2.19. The first kappa shape index (κ1) is 22.9. The second kappa shape index (κ2) is 10.4. The van der Waals surface area contributed by atoms with Gasteiger partial charge in [-0.25, -0.2) is 4.79 Å². The van der Waals surface area contributed by atoms with E-state index < -0.39 is 11.9 Å². The van der Waals surface area contributed by atoms with E-state index in [9.17, 15) is 19.2 Å². The van der Waals surface area contributed by atoms with Gasteiger partial charge in [0.1, 0.15) is 6.54 Å². The Hall–Kier alpha value is -3.42. The van der Waals surface area contributed by atoms with Gasteiger partial charge in [-0.2, -0.15) is 0 Å². The first-order chi connectivity index (χ1) is 14.2. The number of Topliss-reactive ketones (excluding diaryl/α,β-unsaturated/α-hetero) is 1. The number of nitrogens with one attached hydrogen (secondary N) is 1. The van der Waals surface area contributed by atoms with E-state index >= 15 is 0 Å². The molecule has 1 heterocycles. The van der Waals surface area contributed by atoms with Crippen molar-refractivity contribution in [1.29, 1.82) is 0 Å². The second-order valence-electron chi connectivity index (χ2n) is 6.78. The third kappa shape index (κ3) is 6.04. The van der Waals surface area contributed by atoms with Gasteiger partial charge in [-0.05, 0) is 32.4 Å². The molecule has 0 spiro atoms. The summed E-state index contributed by atoms with van der Waals surface area (Å²) in [6.07, 6.45) is 0. The number of ketones is 1. The SMILES string of the molecule is CCOC(=O)c1cc(C)n(CC(=O)OCC(=O)c2ccc(CNC(C)=O)cc2)c1C. The number of hydrogen-bond donors (Lipinski definition) is 1. The third-order valence-electron chi connectivity index (χ3n) is 4.54. The van der Waals surface area contributed by atoms with Crippen LogP contribution in [-0.4, -0.2) is 41.4 Å². The fraction of sp³-hybridized carbons (Fsp3) is 0.364. The lowest BCUT2D eigenvalue weighted by atomic mass is 10.1. The van der Waals surface area contributed by atoms with Gasteiger partial charge < -0.3 is 19.4 Å². The van der Waals surface area contributed by atoms with E-state index in [1.54, 1.807) is 55.7 Å². The molecule has 1 N–H and O–H groups in total. The summed E-state index contributed by atoms with van der Waals surface area (Å²) in [5, 5.41) is 2.67. The van der Waals surface area contributed by atoms with Crippen molar-refractivity contribution < 1.29 is 28.7 Å². The zero-order chi connectivity index (χ0) is 22.3. The molecule has 0 saturated heterocycles. The molecule has 8 nitrogen and oxygen atoms in total. The molecule has 0 aliphatic carbocycles. The molecule has 160 valence electrons. The van der Waals surface area contributed by atoms with Crippen molar-refractivity contribution in [3.63, 3.8) is 0 Å². The summed E-state index contributed by atoms with van der Waals surface area (Å²) in [5.41, 5.74) is 2.98. The van der Waals surface area contributed by atoms with E-state index in [2.05, 4.69) is 5.32 Å². The number of amides is 1. The van der Waals surface area contributed by atoms with Crippen LogP contribution in [0.2, 0.25) is 0 Å². The zero-order valence-corrected chi connectivity index (χ0v) is 17.6. The number of hydrogen-bond acceptors (Lipinski definition) is 6. The maximum Gasteiger partial charge on any atom is 0.339 e. The Morgan fingerprint density at radius 1 is 1.03 bits per heavy atom. The van der Waals surface area contributed by atoms with Gasteiger partial charge in [-0.1, -0.05) is 24.3 Å². The van der Waals surface area contributed by atoms with E-state index in [0.717, 1.165) is 5.56 Å². The molecule has 0 aliphatic rings. The number of aromatic nitrogens is 1. The van der Waals surface area contributed by atoms with Crippen molar-refractivity contribution in [2.45, 2.75) is 40.8 Å². The van der Waals surface area contributed by atoms with Gasteiger partial charge in [0.2, 0.25) is 5.91 Å². The average Bonchev–Trinajstić information content (AvgIpc) is 2.99. The predicted molar refractivity (Wildman–Crippen MR) is 109 cm³/mol. The van der Waals surface area contributed by atoms with Gasteiger partial charge in [0, 0.05) is 30.4 Å². The second-order valence-corrected chi connectivity index (χ2v) is 6.78. The van der Waals surface area contributed by atoms with Crippen molar-refractivity contribution >= 4 is 23.6 Å². The van der Waals surface area contributed by atoms with Crippen LogP contribution in [0, 0.1) is 13.8 Å². The Morgan fingerprint density at radius 3 is 2.30 bits per heavy atom. The average molecular weight is 414 g/mol. The molecule has 2 aromatic rings. The van der Waals surface area contributed by atoms with Crippen molar-refractivity contribution in [1.82, 2.24) is 9.88 Å².